The van der Waals surface area contributed by atoms with Gasteiger partial charge in [0.05, 0.1) is 6.61 Å². The zero-order valence-electron chi connectivity index (χ0n) is 7.43. The molecule has 0 unspecified atom stereocenters. The van der Waals surface area contributed by atoms with Gasteiger partial charge in [0, 0.05) is 5.75 Å². The second-order valence-corrected chi connectivity index (χ2v) is 2.61. The third-order valence-electron chi connectivity index (χ3n) is 1.24. The van der Waals surface area contributed by atoms with E-state index in [1.165, 1.54) is 0 Å². The van der Waals surface area contributed by atoms with Gasteiger partial charge in [0.25, 0.3) is 0 Å². The maximum absolute atomic E-state index is 5.80. The predicted octanol–water partition coefficient (Wildman–Crippen LogP) is -0.0670. The van der Waals surface area contributed by atoms with Crippen molar-refractivity contribution in [2.45, 2.75) is 13.3 Å². The van der Waals surface area contributed by atoms with Crippen molar-refractivity contribution in [2.24, 2.45) is 0 Å². The average molecular weight is 303 g/mol. The largest absolute Gasteiger partial charge is 1.00 e. The van der Waals surface area contributed by atoms with Crippen molar-refractivity contribution < 1.29 is 73.6 Å². The number of hydrogen-bond donors (Lipinski definition) is 0. The quantitative estimate of drug-likeness (QED) is 0.711. The molecule has 0 amide bonds. The van der Waals surface area contributed by atoms with Gasteiger partial charge in [-0.2, -0.15) is 29.8 Å². The van der Waals surface area contributed by atoms with Crippen molar-refractivity contribution in [2.75, 3.05) is 6.61 Å². The molecule has 0 N–H and O–H groups in total. The first kappa shape index (κ1) is 13.4. The Morgan fingerprint density at radius 3 is 2.92 bits per heavy atom. The summed E-state index contributed by atoms with van der Waals surface area (Å²) in [5.74, 6) is 0.743. The molecule has 0 aromatic heterocycles. The number of hydrogen-bond acceptors (Lipinski definition) is 1. The molecule has 0 aliphatic rings. The van der Waals surface area contributed by atoms with E-state index in [4.69, 9.17) is 16.3 Å². The minimum absolute atomic E-state index is 0. The molecule has 0 bridgehead atoms. The van der Waals surface area contributed by atoms with Crippen molar-refractivity contribution in [3.63, 3.8) is 0 Å². The van der Waals surface area contributed by atoms with Gasteiger partial charge in [0.1, 0.15) is 0 Å². The molecule has 0 aliphatic carbocycles. The van der Waals surface area contributed by atoms with Crippen LogP contribution in [0.15, 0.2) is 18.2 Å². The molecule has 0 radical (unpaired) electrons. The molecule has 3 heteroatoms. The van der Waals surface area contributed by atoms with Crippen LogP contribution < -0.4 is 73.6 Å². The van der Waals surface area contributed by atoms with Crippen molar-refractivity contribution in [3.8, 4) is 5.75 Å². The van der Waals surface area contributed by atoms with E-state index in [1.807, 2.05) is 6.07 Å². The van der Waals surface area contributed by atoms with Crippen LogP contribution in [0, 0.1) is 6.07 Å². The monoisotopic (exact) mass is 302 g/mol. The van der Waals surface area contributed by atoms with Gasteiger partial charge in [0.2, 0.25) is 0 Å². The van der Waals surface area contributed by atoms with Gasteiger partial charge in [-0.25, -0.2) is 0 Å². The van der Waals surface area contributed by atoms with Gasteiger partial charge in [0.15, 0.2) is 0 Å². The first-order chi connectivity index (χ1) is 5.34. The van der Waals surface area contributed by atoms with Crippen molar-refractivity contribution in [1.82, 2.24) is 0 Å². The Labute approximate surface area is 137 Å². The summed E-state index contributed by atoms with van der Waals surface area (Å²) < 4.78 is 5.33. The summed E-state index contributed by atoms with van der Waals surface area (Å²) in [5, 5.41) is 0.626. The molecule has 0 saturated heterocycles. The zero-order valence-corrected chi connectivity index (χ0v) is 14.5. The summed E-state index contributed by atoms with van der Waals surface area (Å²) >= 11 is 5.80. The van der Waals surface area contributed by atoms with E-state index in [0.717, 1.165) is 12.2 Å². The van der Waals surface area contributed by atoms with Crippen molar-refractivity contribution in [3.05, 3.63) is 29.3 Å². The Kier molecular flexibility index (Phi) is 8.61. The molecule has 0 spiro atoms. The minimum atomic E-state index is 0. The van der Waals surface area contributed by atoms with Crippen LogP contribution in [-0.2, 0) is 0 Å². The van der Waals surface area contributed by atoms with Crippen LogP contribution in [-0.4, -0.2) is 6.61 Å². The van der Waals surface area contributed by atoms with Gasteiger partial charge < -0.3 is 4.74 Å². The topological polar surface area (TPSA) is 9.23 Å². The van der Waals surface area contributed by atoms with E-state index in [9.17, 15) is 0 Å². The standard InChI is InChI=1S/C9H10ClO.Cs/c1-2-7-11-9-6-4-3-5-8(9)10;/h4-6H,2,7H2,1H3;/q-1;+1. The van der Waals surface area contributed by atoms with Gasteiger partial charge in [-0.15, -0.1) is 6.07 Å². The number of ether oxygens (including phenoxy) is 1. The van der Waals surface area contributed by atoms with Crippen LogP contribution in [0.4, 0.5) is 0 Å². The van der Waals surface area contributed by atoms with E-state index in [2.05, 4.69) is 13.0 Å². The Morgan fingerprint density at radius 2 is 2.33 bits per heavy atom. The molecule has 0 fully saturated rings. The molecule has 60 valence electrons. The maximum Gasteiger partial charge on any atom is 1.00 e. The fourth-order valence-corrected chi connectivity index (χ4v) is 0.905. The molecule has 0 atom stereocenters. The molecular formula is C9H10ClCsO. The normalized spacial score (nSPS) is 8.83. The summed E-state index contributed by atoms with van der Waals surface area (Å²) in [4.78, 5) is 0. The predicted molar refractivity (Wildman–Crippen MR) is 46.1 cm³/mol. The van der Waals surface area contributed by atoms with E-state index < -0.39 is 0 Å². The average Bonchev–Trinajstić information content (AvgIpc) is 2.03. The summed E-state index contributed by atoms with van der Waals surface area (Å²) in [6.45, 7) is 2.77. The maximum atomic E-state index is 5.80. The van der Waals surface area contributed by atoms with Crippen LogP contribution in [0.3, 0.4) is 0 Å². The van der Waals surface area contributed by atoms with Crippen LogP contribution in [0.5, 0.6) is 5.75 Å². The molecule has 1 nitrogen and oxygen atoms in total. The Hall–Kier alpha value is 1.36. The summed E-state index contributed by atoms with van der Waals surface area (Å²) in [7, 11) is 0. The SMILES string of the molecule is CCCOc1cc[c-]cc1Cl.[Cs+]. The Bertz CT molecular complexity index is 228. The van der Waals surface area contributed by atoms with Gasteiger partial charge >= 0.3 is 68.9 Å². The van der Waals surface area contributed by atoms with Gasteiger partial charge in [-0.3, -0.25) is 0 Å². The van der Waals surface area contributed by atoms with Gasteiger partial charge in [-0.1, -0.05) is 6.92 Å². The summed E-state index contributed by atoms with van der Waals surface area (Å²) in [6, 6.07) is 8.17. The third-order valence-corrected chi connectivity index (χ3v) is 1.53. The van der Waals surface area contributed by atoms with Crippen molar-refractivity contribution in [1.29, 1.82) is 0 Å². The molecule has 1 aromatic carbocycles. The second-order valence-electron chi connectivity index (χ2n) is 2.20. The Morgan fingerprint density at radius 1 is 1.58 bits per heavy atom. The fraction of sp³-hybridized carbons (Fsp3) is 0.333. The zero-order chi connectivity index (χ0) is 8.10. The number of halogens is 1. The minimum Gasteiger partial charge on any atom is -0.518 e. The number of rotatable bonds is 3. The molecule has 1 aromatic rings. The van der Waals surface area contributed by atoms with Gasteiger partial charge in [-0.05, 0) is 11.4 Å². The van der Waals surface area contributed by atoms with E-state index in [0.29, 0.717) is 11.6 Å². The van der Waals surface area contributed by atoms with Crippen LogP contribution >= 0.6 is 11.6 Å². The number of benzene rings is 1. The van der Waals surface area contributed by atoms with Crippen LogP contribution in [0.2, 0.25) is 5.02 Å². The molecule has 0 aliphatic heterocycles. The second kappa shape index (κ2) is 7.74. The fourth-order valence-electron chi connectivity index (χ4n) is 0.725. The first-order valence-corrected chi connectivity index (χ1v) is 4.00. The smallest absolute Gasteiger partial charge is 0.518 e. The van der Waals surface area contributed by atoms with E-state index in [1.54, 1.807) is 12.1 Å². The summed E-state index contributed by atoms with van der Waals surface area (Å²) in [5.41, 5.74) is 0. The Balaban J connectivity index is 0.00000121. The molecule has 0 saturated carbocycles. The van der Waals surface area contributed by atoms with Crippen molar-refractivity contribution >= 4 is 11.6 Å². The van der Waals surface area contributed by atoms with Crippen LogP contribution in [0.25, 0.3) is 0 Å². The van der Waals surface area contributed by atoms with Crippen LogP contribution in [0.1, 0.15) is 13.3 Å². The first-order valence-electron chi connectivity index (χ1n) is 3.63. The molecular weight excluding hydrogens is 292 g/mol. The third kappa shape index (κ3) is 4.56. The molecule has 0 heterocycles. The molecule has 1 rings (SSSR count). The van der Waals surface area contributed by atoms with E-state index in [-0.39, 0.29) is 68.9 Å². The molecule has 12 heavy (non-hydrogen) atoms. The van der Waals surface area contributed by atoms with E-state index >= 15 is 0 Å². The summed E-state index contributed by atoms with van der Waals surface area (Å²) in [6.07, 6.45) is 0.995.